The lowest BCUT2D eigenvalue weighted by Gasteiger charge is -2.18. The number of hydrogen-bond acceptors (Lipinski definition) is 3. The molecule has 0 heterocycles. The van der Waals surface area contributed by atoms with Gasteiger partial charge in [-0.3, -0.25) is 0 Å². The summed E-state index contributed by atoms with van der Waals surface area (Å²) in [6, 6.07) is 4.50. The van der Waals surface area contributed by atoms with Crippen molar-refractivity contribution in [3.63, 3.8) is 0 Å². The van der Waals surface area contributed by atoms with Crippen LogP contribution in [0.2, 0.25) is 5.02 Å². The Kier molecular flexibility index (Phi) is 5.17. The van der Waals surface area contributed by atoms with Gasteiger partial charge in [-0.2, -0.15) is 4.31 Å². The Balaban J connectivity index is 3.20. The Morgan fingerprint density at radius 3 is 2.61 bits per heavy atom. The van der Waals surface area contributed by atoms with Crippen molar-refractivity contribution in [2.45, 2.75) is 18.4 Å². The van der Waals surface area contributed by atoms with E-state index in [0.29, 0.717) is 17.1 Å². The summed E-state index contributed by atoms with van der Waals surface area (Å²) in [6.07, 6.45) is 5.16. The van der Waals surface area contributed by atoms with Gasteiger partial charge in [-0.15, -0.1) is 6.42 Å². The van der Waals surface area contributed by atoms with Crippen LogP contribution in [0.4, 0.5) is 0 Å². The molecule has 0 atom stereocenters. The highest BCUT2D eigenvalue weighted by molar-refractivity contribution is 7.89. The maximum atomic E-state index is 12.2. The first-order valence-electron chi connectivity index (χ1n) is 5.39. The lowest BCUT2D eigenvalue weighted by Crippen LogP contribution is -2.31. The first kappa shape index (κ1) is 15.0. The van der Waals surface area contributed by atoms with E-state index in [4.69, 9.17) is 23.8 Å². The van der Waals surface area contributed by atoms with Crippen LogP contribution in [-0.2, 0) is 16.6 Å². The van der Waals surface area contributed by atoms with Gasteiger partial charge >= 0.3 is 0 Å². The molecule has 0 unspecified atom stereocenters. The number of terminal acetylenes is 1. The van der Waals surface area contributed by atoms with E-state index in [-0.39, 0.29) is 18.0 Å². The summed E-state index contributed by atoms with van der Waals surface area (Å²) in [7, 11) is -3.60. The van der Waals surface area contributed by atoms with Crippen molar-refractivity contribution in [1.82, 2.24) is 4.31 Å². The van der Waals surface area contributed by atoms with Gasteiger partial charge in [-0.25, -0.2) is 8.42 Å². The van der Waals surface area contributed by atoms with Crippen LogP contribution in [0.15, 0.2) is 23.1 Å². The molecule has 0 spiro atoms. The number of nitrogens with zero attached hydrogens (tertiary/aromatic N) is 1. The Morgan fingerprint density at radius 2 is 2.17 bits per heavy atom. The molecule has 0 bridgehead atoms. The minimum Gasteiger partial charge on any atom is -0.326 e. The highest BCUT2D eigenvalue weighted by Gasteiger charge is 2.22. The molecule has 0 radical (unpaired) electrons. The smallest absolute Gasteiger partial charge is 0.243 e. The molecule has 1 aromatic rings. The summed E-state index contributed by atoms with van der Waals surface area (Å²) < 4.78 is 25.7. The van der Waals surface area contributed by atoms with Gasteiger partial charge in [-0.05, 0) is 17.7 Å². The normalized spacial score (nSPS) is 11.5. The van der Waals surface area contributed by atoms with E-state index in [0.717, 1.165) is 0 Å². The fraction of sp³-hybridized carbons (Fsp3) is 0.333. The molecule has 0 amide bonds. The number of halogens is 1. The summed E-state index contributed by atoms with van der Waals surface area (Å²) >= 11 is 5.96. The van der Waals surface area contributed by atoms with Crippen LogP contribution < -0.4 is 5.73 Å². The number of sulfonamides is 1. The van der Waals surface area contributed by atoms with Crippen LogP contribution in [-0.4, -0.2) is 25.8 Å². The molecule has 0 aromatic heterocycles. The van der Waals surface area contributed by atoms with Gasteiger partial charge in [0.1, 0.15) is 0 Å². The van der Waals surface area contributed by atoms with Crippen molar-refractivity contribution in [2.24, 2.45) is 5.73 Å². The first-order valence-corrected chi connectivity index (χ1v) is 7.21. The number of hydrogen-bond donors (Lipinski definition) is 1. The van der Waals surface area contributed by atoms with Crippen LogP contribution in [0.25, 0.3) is 0 Å². The zero-order valence-electron chi connectivity index (χ0n) is 10.1. The van der Waals surface area contributed by atoms with Crippen molar-refractivity contribution in [3.8, 4) is 12.3 Å². The van der Waals surface area contributed by atoms with Crippen LogP contribution in [0, 0.1) is 12.3 Å². The molecule has 6 heteroatoms. The average molecular weight is 287 g/mol. The van der Waals surface area contributed by atoms with Crippen LogP contribution >= 0.6 is 11.6 Å². The van der Waals surface area contributed by atoms with E-state index in [9.17, 15) is 8.42 Å². The van der Waals surface area contributed by atoms with Crippen molar-refractivity contribution >= 4 is 21.6 Å². The highest BCUT2D eigenvalue weighted by Crippen LogP contribution is 2.22. The zero-order valence-corrected chi connectivity index (χ0v) is 11.6. The zero-order chi connectivity index (χ0) is 13.8. The van der Waals surface area contributed by atoms with Gasteiger partial charge < -0.3 is 5.73 Å². The van der Waals surface area contributed by atoms with Gasteiger partial charge in [0.2, 0.25) is 10.0 Å². The SMILES string of the molecule is C#CCN(CC)S(=O)(=O)c1ccc(CN)c(Cl)c1. The van der Waals surface area contributed by atoms with Gasteiger partial charge in [0.15, 0.2) is 0 Å². The van der Waals surface area contributed by atoms with Gasteiger partial charge in [0.25, 0.3) is 0 Å². The van der Waals surface area contributed by atoms with Crippen molar-refractivity contribution in [1.29, 1.82) is 0 Å². The summed E-state index contributed by atoms with van der Waals surface area (Å²) in [5, 5.41) is 0.343. The molecule has 2 N–H and O–H groups in total. The quantitative estimate of drug-likeness (QED) is 0.833. The van der Waals surface area contributed by atoms with E-state index < -0.39 is 10.0 Å². The Morgan fingerprint density at radius 1 is 1.50 bits per heavy atom. The molecule has 1 aromatic carbocycles. The molecule has 0 aliphatic rings. The van der Waals surface area contributed by atoms with E-state index in [1.54, 1.807) is 13.0 Å². The van der Waals surface area contributed by atoms with E-state index >= 15 is 0 Å². The molecular formula is C12H15ClN2O2S. The molecule has 0 fully saturated rings. The second-order valence-electron chi connectivity index (χ2n) is 3.59. The monoisotopic (exact) mass is 286 g/mol. The van der Waals surface area contributed by atoms with Crippen molar-refractivity contribution in [3.05, 3.63) is 28.8 Å². The summed E-state index contributed by atoms with van der Waals surface area (Å²) in [5.41, 5.74) is 6.18. The standard InChI is InChI=1S/C12H15ClN2O2S/c1-3-7-15(4-2)18(16,17)11-6-5-10(9-14)12(13)8-11/h1,5-6,8H,4,7,9,14H2,2H3. The largest absolute Gasteiger partial charge is 0.326 e. The molecule has 1 rings (SSSR count). The Bertz CT molecular complexity index is 564. The summed E-state index contributed by atoms with van der Waals surface area (Å²) in [6.45, 7) is 2.34. The average Bonchev–Trinajstić information content (AvgIpc) is 2.35. The third kappa shape index (κ3) is 3.03. The molecular weight excluding hydrogens is 272 g/mol. The Labute approximate surface area is 113 Å². The third-order valence-electron chi connectivity index (χ3n) is 2.50. The highest BCUT2D eigenvalue weighted by atomic mass is 35.5. The van der Waals surface area contributed by atoms with Gasteiger partial charge in [0.05, 0.1) is 11.4 Å². The van der Waals surface area contributed by atoms with Crippen LogP contribution in [0.3, 0.4) is 0 Å². The van der Waals surface area contributed by atoms with Gasteiger partial charge in [-0.1, -0.05) is 30.5 Å². The second kappa shape index (κ2) is 6.21. The topological polar surface area (TPSA) is 63.4 Å². The number of nitrogens with two attached hydrogens (primary N) is 1. The maximum Gasteiger partial charge on any atom is 0.243 e. The van der Waals surface area contributed by atoms with Crippen LogP contribution in [0.1, 0.15) is 12.5 Å². The molecule has 4 nitrogen and oxygen atoms in total. The molecule has 18 heavy (non-hydrogen) atoms. The molecule has 0 saturated heterocycles. The number of rotatable bonds is 5. The van der Waals surface area contributed by atoms with E-state index in [1.165, 1.54) is 16.4 Å². The Hall–Kier alpha value is -1.06. The summed E-state index contributed by atoms with van der Waals surface area (Å²) in [5.74, 6) is 2.33. The van der Waals surface area contributed by atoms with Crippen molar-refractivity contribution < 1.29 is 8.42 Å². The lowest BCUT2D eigenvalue weighted by atomic mass is 10.2. The molecule has 98 valence electrons. The maximum absolute atomic E-state index is 12.2. The first-order chi connectivity index (χ1) is 8.47. The fourth-order valence-corrected chi connectivity index (χ4v) is 3.18. The van der Waals surface area contributed by atoms with Gasteiger partial charge in [0, 0.05) is 18.1 Å². The second-order valence-corrected chi connectivity index (χ2v) is 5.94. The molecule has 0 aliphatic carbocycles. The molecule has 0 saturated carbocycles. The lowest BCUT2D eigenvalue weighted by molar-refractivity contribution is 0.464. The summed E-state index contributed by atoms with van der Waals surface area (Å²) in [4.78, 5) is 0.127. The van der Waals surface area contributed by atoms with Crippen molar-refractivity contribution in [2.75, 3.05) is 13.1 Å². The van der Waals surface area contributed by atoms with Crippen LogP contribution in [0.5, 0.6) is 0 Å². The molecule has 0 aliphatic heterocycles. The minimum absolute atomic E-state index is 0.0368. The minimum atomic E-state index is -3.60. The predicted octanol–water partition coefficient (Wildman–Crippen LogP) is 1.44. The number of benzene rings is 1. The van der Waals surface area contributed by atoms with E-state index in [2.05, 4.69) is 5.92 Å². The third-order valence-corrected chi connectivity index (χ3v) is 4.77. The van der Waals surface area contributed by atoms with E-state index in [1.807, 2.05) is 0 Å². The predicted molar refractivity (Wildman–Crippen MR) is 72.6 cm³/mol. The fourth-order valence-electron chi connectivity index (χ4n) is 1.47.